The quantitative estimate of drug-likeness (QED) is 0.864. The molecule has 1 heterocycles. The number of benzene rings is 2. The summed E-state index contributed by atoms with van der Waals surface area (Å²) < 4.78 is 5.11. The Balaban J connectivity index is 1.58. The highest BCUT2D eigenvalue weighted by Crippen LogP contribution is 2.25. The van der Waals surface area contributed by atoms with Crippen LogP contribution in [0.5, 0.6) is 11.5 Å². The molecule has 1 saturated heterocycles. The van der Waals surface area contributed by atoms with Crippen molar-refractivity contribution >= 4 is 23.5 Å². The second-order valence-corrected chi connectivity index (χ2v) is 6.03. The zero-order valence-corrected chi connectivity index (χ0v) is 14.3. The van der Waals surface area contributed by atoms with Crippen LogP contribution in [-0.4, -0.2) is 49.6 Å². The van der Waals surface area contributed by atoms with Gasteiger partial charge in [0.25, 0.3) is 0 Å². The second kappa shape index (κ2) is 7.45. The number of hydrogen-bond donors (Lipinski definition) is 1. The van der Waals surface area contributed by atoms with Gasteiger partial charge < -0.3 is 14.7 Å². The maximum atomic E-state index is 9.61. The van der Waals surface area contributed by atoms with E-state index in [2.05, 4.69) is 10.0 Å². The first-order valence-electron chi connectivity index (χ1n) is 7.82. The third-order valence-corrected chi connectivity index (χ3v) is 4.27. The van der Waals surface area contributed by atoms with Crippen molar-refractivity contribution in [1.29, 1.82) is 0 Å². The number of anilines is 1. The summed E-state index contributed by atoms with van der Waals surface area (Å²) in [5.74, 6) is 0.581. The van der Waals surface area contributed by atoms with Crippen molar-refractivity contribution in [3.05, 3.63) is 53.1 Å². The maximum Gasteiger partial charge on any atom is 0.161 e. The van der Waals surface area contributed by atoms with E-state index in [1.807, 2.05) is 35.3 Å². The van der Waals surface area contributed by atoms with E-state index in [1.54, 1.807) is 18.3 Å². The van der Waals surface area contributed by atoms with Crippen molar-refractivity contribution in [1.82, 2.24) is 5.01 Å². The Morgan fingerprint density at radius 2 is 1.79 bits per heavy atom. The predicted octanol–water partition coefficient (Wildman–Crippen LogP) is 3.21. The molecule has 0 aliphatic carbocycles. The Morgan fingerprint density at radius 3 is 2.46 bits per heavy atom. The number of halogens is 1. The van der Waals surface area contributed by atoms with E-state index in [1.165, 1.54) is 12.8 Å². The molecule has 0 aromatic heterocycles. The number of hydrazone groups is 1. The molecule has 3 rings (SSSR count). The zero-order valence-electron chi connectivity index (χ0n) is 13.5. The molecule has 0 bridgehead atoms. The third-order valence-electron chi connectivity index (χ3n) is 4.02. The molecule has 1 aliphatic rings. The molecule has 1 aliphatic heterocycles. The van der Waals surface area contributed by atoms with Crippen LogP contribution in [0.1, 0.15) is 5.56 Å². The molecule has 0 spiro atoms. The number of piperazine rings is 1. The SMILES string of the molecule is COc1cc(/C=N\N2CCN(c3ccc(Cl)cc3)CC2)ccc1O. The molecule has 1 N–H and O–H groups in total. The summed E-state index contributed by atoms with van der Waals surface area (Å²) in [5, 5.41) is 16.9. The summed E-state index contributed by atoms with van der Waals surface area (Å²) in [6.45, 7) is 3.54. The molecule has 0 radical (unpaired) electrons. The molecule has 0 amide bonds. The predicted molar refractivity (Wildman–Crippen MR) is 97.5 cm³/mol. The van der Waals surface area contributed by atoms with Crippen LogP contribution in [0.4, 0.5) is 5.69 Å². The second-order valence-electron chi connectivity index (χ2n) is 5.59. The molecule has 2 aromatic carbocycles. The van der Waals surface area contributed by atoms with Crippen molar-refractivity contribution in [2.45, 2.75) is 0 Å². The van der Waals surface area contributed by atoms with Crippen molar-refractivity contribution < 1.29 is 9.84 Å². The fourth-order valence-electron chi connectivity index (χ4n) is 2.64. The summed E-state index contributed by atoms with van der Waals surface area (Å²) in [7, 11) is 1.53. The fraction of sp³-hybridized carbons (Fsp3) is 0.278. The first kappa shape index (κ1) is 16.5. The molecule has 0 unspecified atom stereocenters. The average Bonchev–Trinajstić information content (AvgIpc) is 2.62. The highest BCUT2D eigenvalue weighted by Gasteiger charge is 2.15. The lowest BCUT2D eigenvalue weighted by Crippen LogP contribution is -2.44. The minimum atomic E-state index is 0.131. The van der Waals surface area contributed by atoms with Gasteiger partial charge in [0.05, 0.1) is 26.4 Å². The number of methoxy groups -OCH3 is 1. The fourth-order valence-corrected chi connectivity index (χ4v) is 2.77. The van der Waals surface area contributed by atoms with Crippen molar-refractivity contribution in [3.63, 3.8) is 0 Å². The summed E-state index contributed by atoms with van der Waals surface area (Å²) in [6.07, 6.45) is 1.79. The lowest BCUT2D eigenvalue weighted by Gasteiger charge is -2.34. The van der Waals surface area contributed by atoms with Gasteiger partial charge in [0.15, 0.2) is 11.5 Å². The van der Waals surface area contributed by atoms with Gasteiger partial charge in [0.1, 0.15) is 0 Å². The number of phenols is 1. The van der Waals surface area contributed by atoms with Crippen molar-refractivity contribution in [2.75, 3.05) is 38.2 Å². The minimum absolute atomic E-state index is 0.131. The topological polar surface area (TPSA) is 48.3 Å². The van der Waals surface area contributed by atoms with Gasteiger partial charge in [-0.1, -0.05) is 11.6 Å². The van der Waals surface area contributed by atoms with Crippen molar-refractivity contribution in [3.8, 4) is 11.5 Å². The van der Waals surface area contributed by atoms with Gasteiger partial charge in [-0.3, -0.25) is 5.01 Å². The van der Waals surface area contributed by atoms with Crippen LogP contribution < -0.4 is 9.64 Å². The minimum Gasteiger partial charge on any atom is -0.504 e. The number of phenolic OH excluding ortho intramolecular Hbond substituents is 1. The highest BCUT2D eigenvalue weighted by atomic mass is 35.5. The van der Waals surface area contributed by atoms with Crippen LogP contribution in [0.3, 0.4) is 0 Å². The number of nitrogens with zero attached hydrogens (tertiary/aromatic N) is 3. The maximum absolute atomic E-state index is 9.61. The van der Waals surface area contributed by atoms with E-state index < -0.39 is 0 Å². The van der Waals surface area contributed by atoms with E-state index in [0.29, 0.717) is 5.75 Å². The lowest BCUT2D eigenvalue weighted by atomic mass is 10.2. The monoisotopic (exact) mass is 345 g/mol. The standard InChI is InChI=1S/C18H20ClN3O2/c1-24-18-12-14(2-7-17(18)23)13-20-22-10-8-21(9-11-22)16-5-3-15(19)4-6-16/h2-7,12-13,23H,8-11H2,1H3/b20-13-. The average molecular weight is 346 g/mol. The normalized spacial score (nSPS) is 15.1. The third kappa shape index (κ3) is 3.92. The van der Waals surface area contributed by atoms with Gasteiger partial charge in [0.2, 0.25) is 0 Å². The highest BCUT2D eigenvalue weighted by molar-refractivity contribution is 6.30. The Kier molecular flexibility index (Phi) is 5.11. The van der Waals surface area contributed by atoms with Crippen molar-refractivity contribution in [2.24, 2.45) is 5.10 Å². The van der Waals surface area contributed by atoms with Crippen LogP contribution in [0, 0.1) is 0 Å². The van der Waals surface area contributed by atoms with Gasteiger partial charge in [-0.15, -0.1) is 0 Å². The summed E-state index contributed by atoms with van der Waals surface area (Å²) >= 11 is 5.93. The molecule has 6 heteroatoms. The van der Waals surface area contributed by atoms with Crippen LogP contribution in [0.2, 0.25) is 5.02 Å². The molecule has 24 heavy (non-hydrogen) atoms. The smallest absolute Gasteiger partial charge is 0.161 e. The summed E-state index contributed by atoms with van der Waals surface area (Å²) in [5.41, 5.74) is 2.08. The molecule has 5 nitrogen and oxygen atoms in total. The Hall–Kier alpha value is -2.40. The Bertz CT molecular complexity index is 711. The Labute approximate surface area is 146 Å². The molecule has 1 fully saturated rings. The van der Waals surface area contributed by atoms with Crippen LogP contribution >= 0.6 is 11.6 Å². The van der Waals surface area contributed by atoms with Gasteiger partial charge in [0, 0.05) is 23.8 Å². The largest absolute Gasteiger partial charge is 0.504 e. The zero-order chi connectivity index (χ0) is 16.9. The summed E-state index contributed by atoms with van der Waals surface area (Å²) in [6, 6.07) is 13.1. The van der Waals surface area contributed by atoms with Gasteiger partial charge >= 0.3 is 0 Å². The molecular weight excluding hydrogens is 326 g/mol. The number of aromatic hydroxyl groups is 1. The van der Waals surface area contributed by atoms with Gasteiger partial charge in [-0.25, -0.2) is 0 Å². The van der Waals surface area contributed by atoms with Gasteiger partial charge in [-0.05, 0) is 48.0 Å². The van der Waals surface area contributed by atoms with Crippen LogP contribution in [-0.2, 0) is 0 Å². The van der Waals surface area contributed by atoms with E-state index >= 15 is 0 Å². The number of hydrogen-bond acceptors (Lipinski definition) is 5. The molecule has 126 valence electrons. The van der Waals surface area contributed by atoms with E-state index in [-0.39, 0.29) is 5.75 Å². The lowest BCUT2D eigenvalue weighted by molar-refractivity contribution is 0.272. The molecule has 0 saturated carbocycles. The van der Waals surface area contributed by atoms with E-state index in [0.717, 1.165) is 36.8 Å². The molecule has 0 atom stereocenters. The van der Waals surface area contributed by atoms with Crippen LogP contribution in [0.25, 0.3) is 0 Å². The Morgan fingerprint density at radius 1 is 1.08 bits per heavy atom. The molecular formula is C18H20ClN3O2. The number of ether oxygens (including phenoxy) is 1. The van der Waals surface area contributed by atoms with Crippen LogP contribution in [0.15, 0.2) is 47.6 Å². The first-order valence-corrected chi connectivity index (χ1v) is 8.20. The molecule has 2 aromatic rings. The first-order chi connectivity index (χ1) is 11.7. The van der Waals surface area contributed by atoms with E-state index in [4.69, 9.17) is 16.3 Å². The number of rotatable bonds is 4. The van der Waals surface area contributed by atoms with E-state index in [9.17, 15) is 5.11 Å². The summed E-state index contributed by atoms with van der Waals surface area (Å²) in [4.78, 5) is 2.33. The van der Waals surface area contributed by atoms with Gasteiger partial charge in [-0.2, -0.15) is 5.10 Å².